The van der Waals surface area contributed by atoms with E-state index in [1.54, 1.807) is 4.90 Å². The Labute approximate surface area is 143 Å². The lowest BCUT2D eigenvalue weighted by atomic mass is 9.72. The minimum absolute atomic E-state index is 0.139. The molecule has 2 heterocycles. The van der Waals surface area contributed by atoms with Crippen LogP contribution in [0.2, 0.25) is 0 Å². The number of methoxy groups -OCH3 is 1. The predicted molar refractivity (Wildman–Crippen MR) is 87.6 cm³/mol. The van der Waals surface area contributed by atoms with E-state index in [1.165, 1.54) is 7.11 Å². The van der Waals surface area contributed by atoms with Gasteiger partial charge in [-0.05, 0) is 39.0 Å². The molecule has 2 fully saturated rings. The van der Waals surface area contributed by atoms with Crippen LogP contribution >= 0.6 is 0 Å². The van der Waals surface area contributed by atoms with Gasteiger partial charge < -0.3 is 14.4 Å². The van der Waals surface area contributed by atoms with E-state index >= 15 is 0 Å². The van der Waals surface area contributed by atoms with Crippen molar-refractivity contribution in [1.82, 2.24) is 9.80 Å². The first kappa shape index (κ1) is 18.7. The zero-order valence-electron chi connectivity index (χ0n) is 15.1. The molecular formula is C17H28N2O5. The Bertz CT molecular complexity index is 504. The number of piperidine rings is 2. The lowest BCUT2D eigenvalue weighted by Crippen LogP contribution is -2.54. The van der Waals surface area contributed by atoms with Gasteiger partial charge in [-0.25, -0.2) is 4.79 Å². The average Bonchev–Trinajstić information content (AvgIpc) is 2.45. The summed E-state index contributed by atoms with van der Waals surface area (Å²) in [5.74, 6) is -0.179. The number of esters is 1. The summed E-state index contributed by atoms with van der Waals surface area (Å²) in [6.07, 6.45) is 1.71. The first-order valence-corrected chi connectivity index (χ1v) is 8.41. The van der Waals surface area contributed by atoms with Crippen molar-refractivity contribution in [3.8, 4) is 0 Å². The lowest BCUT2D eigenvalue weighted by molar-refractivity contribution is -0.144. The molecule has 0 aromatic heterocycles. The van der Waals surface area contributed by atoms with Gasteiger partial charge in [0, 0.05) is 26.1 Å². The third-order valence-electron chi connectivity index (χ3n) is 4.59. The van der Waals surface area contributed by atoms with Crippen LogP contribution in [-0.4, -0.2) is 73.1 Å². The number of hydrogen-bond donors (Lipinski definition) is 0. The quantitative estimate of drug-likeness (QED) is 0.708. The number of ketones is 1. The molecule has 0 unspecified atom stereocenters. The van der Waals surface area contributed by atoms with Crippen molar-refractivity contribution in [2.75, 3.05) is 39.8 Å². The standard InChI is InChI=1S/C17H28N2O5/c1-16(2,3)24-15(22)19-7-5-17(6-8-19)9-13(20)10-18(12-17)11-14(21)23-4/h5-12H2,1-4H3. The van der Waals surface area contributed by atoms with E-state index in [-0.39, 0.29) is 29.8 Å². The van der Waals surface area contributed by atoms with Crippen LogP contribution in [0.15, 0.2) is 0 Å². The number of nitrogens with zero attached hydrogens (tertiary/aromatic N) is 2. The Hall–Kier alpha value is -1.63. The molecule has 2 rings (SSSR count). The van der Waals surface area contributed by atoms with Crippen LogP contribution in [0.1, 0.15) is 40.0 Å². The van der Waals surface area contributed by atoms with Crippen LogP contribution in [0.4, 0.5) is 4.79 Å². The summed E-state index contributed by atoms with van der Waals surface area (Å²) in [5, 5.41) is 0. The van der Waals surface area contributed by atoms with Gasteiger partial charge in [-0.1, -0.05) is 0 Å². The second-order valence-electron chi connectivity index (χ2n) is 7.90. The molecule has 2 saturated heterocycles. The molecule has 2 aliphatic heterocycles. The summed E-state index contributed by atoms with van der Waals surface area (Å²) < 4.78 is 10.1. The van der Waals surface area contributed by atoms with E-state index in [1.807, 2.05) is 25.7 Å². The molecule has 136 valence electrons. The maximum absolute atomic E-state index is 12.2. The number of Topliss-reactive ketones (excluding diaryl/α,β-unsaturated/α-hetero) is 1. The van der Waals surface area contributed by atoms with Crippen LogP contribution in [0.5, 0.6) is 0 Å². The zero-order valence-corrected chi connectivity index (χ0v) is 15.1. The first-order valence-electron chi connectivity index (χ1n) is 8.41. The SMILES string of the molecule is COC(=O)CN1CC(=O)CC2(CCN(C(=O)OC(C)(C)C)CC2)C1. The van der Waals surface area contributed by atoms with E-state index in [0.717, 1.165) is 12.8 Å². The summed E-state index contributed by atoms with van der Waals surface area (Å²) >= 11 is 0. The second kappa shape index (κ2) is 7.09. The summed E-state index contributed by atoms with van der Waals surface area (Å²) in [6.45, 7) is 7.83. The molecule has 7 nitrogen and oxygen atoms in total. The van der Waals surface area contributed by atoms with Crippen LogP contribution < -0.4 is 0 Å². The molecule has 0 radical (unpaired) electrons. The van der Waals surface area contributed by atoms with Crippen LogP contribution in [0, 0.1) is 5.41 Å². The van der Waals surface area contributed by atoms with Gasteiger partial charge in [0.25, 0.3) is 0 Å². The van der Waals surface area contributed by atoms with Gasteiger partial charge >= 0.3 is 12.1 Å². The minimum atomic E-state index is -0.510. The van der Waals surface area contributed by atoms with Crippen molar-refractivity contribution < 1.29 is 23.9 Å². The highest BCUT2D eigenvalue weighted by Crippen LogP contribution is 2.39. The number of carbonyl (C=O) groups is 3. The molecule has 0 saturated carbocycles. The summed E-state index contributed by atoms with van der Waals surface area (Å²) in [5.41, 5.74) is -0.661. The Morgan fingerprint density at radius 2 is 1.83 bits per heavy atom. The van der Waals surface area contributed by atoms with Gasteiger partial charge in [0.05, 0.1) is 20.2 Å². The third kappa shape index (κ3) is 4.93. The fraction of sp³-hybridized carbons (Fsp3) is 0.824. The highest BCUT2D eigenvalue weighted by atomic mass is 16.6. The Kier molecular flexibility index (Phi) is 5.52. The average molecular weight is 340 g/mol. The third-order valence-corrected chi connectivity index (χ3v) is 4.59. The van der Waals surface area contributed by atoms with Gasteiger partial charge in [-0.3, -0.25) is 14.5 Å². The minimum Gasteiger partial charge on any atom is -0.468 e. The molecule has 1 amide bonds. The predicted octanol–water partition coefficient (Wildman–Crippen LogP) is 1.45. The van der Waals surface area contributed by atoms with Crippen LogP contribution in [0.3, 0.4) is 0 Å². The number of carbonyl (C=O) groups excluding carboxylic acids is 3. The second-order valence-corrected chi connectivity index (χ2v) is 7.90. The fourth-order valence-electron chi connectivity index (χ4n) is 3.49. The van der Waals surface area contributed by atoms with Gasteiger partial charge in [0.1, 0.15) is 11.4 Å². The molecule has 2 aliphatic rings. The summed E-state index contributed by atoms with van der Waals surface area (Å²) in [4.78, 5) is 39.3. The summed E-state index contributed by atoms with van der Waals surface area (Å²) in [7, 11) is 1.35. The van der Waals surface area contributed by atoms with Crippen LogP contribution in [0.25, 0.3) is 0 Å². The van der Waals surface area contributed by atoms with Crippen molar-refractivity contribution in [3.05, 3.63) is 0 Å². The number of hydrogen-bond acceptors (Lipinski definition) is 6. The summed E-state index contributed by atoms with van der Waals surface area (Å²) in [6, 6.07) is 0. The highest BCUT2D eigenvalue weighted by Gasteiger charge is 2.43. The highest BCUT2D eigenvalue weighted by molar-refractivity contribution is 5.83. The number of ether oxygens (including phenoxy) is 2. The number of rotatable bonds is 2. The normalized spacial score (nSPS) is 21.7. The Morgan fingerprint density at radius 1 is 1.21 bits per heavy atom. The van der Waals surface area contributed by atoms with E-state index in [9.17, 15) is 14.4 Å². The monoisotopic (exact) mass is 340 g/mol. The van der Waals surface area contributed by atoms with E-state index in [4.69, 9.17) is 9.47 Å². The molecule has 0 aromatic carbocycles. The fourth-order valence-corrected chi connectivity index (χ4v) is 3.49. The largest absolute Gasteiger partial charge is 0.468 e. The molecule has 0 N–H and O–H groups in total. The molecule has 0 atom stereocenters. The smallest absolute Gasteiger partial charge is 0.410 e. The van der Waals surface area contributed by atoms with E-state index < -0.39 is 5.60 Å². The van der Waals surface area contributed by atoms with E-state index in [2.05, 4.69) is 0 Å². The topological polar surface area (TPSA) is 76.2 Å². The maximum Gasteiger partial charge on any atom is 0.410 e. The van der Waals surface area contributed by atoms with Gasteiger partial charge in [0.2, 0.25) is 0 Å². The number of likely N-dealkylation sites (tertiary alicyclic amines) is 2. The van der Waals surface area contributed by atoms with Gasteiger partial charge in [-0.2, -0.15) is 0 Å². The molecule has 0 bridgehead atoms. The van der Waals surface area contributed by atoms with Crippen molar-refractivity contribution >= 4 is 17.8 Å². The number of amides is 1. The van der Waals surface area contributed by atoms with Crippen molar-refractivity contribution in [2.45, 2.75) is 45.6 Å². The van der Waals surface area contributed by atoms with Crippen molar-refractivity contribution in [1.29, 1.82) is 0 Å². The van der Waals surface area contributed by atoms with Gasteiger partial charge in [-0.15, -0.1) is 0 Å². The zero-order chi connectivity index (χ0) is 18.0. The first-order chi connectivity index (χ1) is 11.1. The van der Waals surface area contributed by atoms with Crippen LogP contribution in [-0.2, 0) is 19.1 Å². The van der Waals surface area contributed by atoms with E-state index in [0.29, 0.717) is 32.6 Å². The van der Waals surface area contributed by atoms with Crippen molar-refractivity contribution in [2.24, 2.45) is 5.41 Å². The maximum atomic E-state index is 12.2. The molecule has 0 aromatic rings. The Balaban J connectivity index is 1.94. The van der Waals surface area contributed by atoms with Crippen molar-refractivity contribution in [3.63, 3.8) is 0 Å². The molecule has 1 spiro atoms. The molecule has 7 heteroatoms. The molecule has 0 aliphatic carbocycles. The Morgan fingerprint density at radius 3 is 2.38 bits per heavy atom. The van der Waals surface area contributed by atoms with Gasteiger partial charge in [0.15, 0.2) is 0 Å². The molecule has 24 heavy (non-hydrogen) atoms. The lowest BCUT2D eigenvalue weighted by Gasteiger charge is -2.46. The molecular weight excluding hydrogens is 312 g/mol.